The van der Waals surface area contributed by atoms with Crippen molar-refractivity contribution in [3.05, 3.63) is 12.2 Å². The maximum Gasteiger partial charge on any atom is 0.155 e. The van der Waals surface area contributed by atoms with E-state index in [1.54, 1.807) is 0 Å². The zero-order valence-electron chi connectivity index (χ0n) is 13.0. The Kier molecular flexibility index (Phi) is 2.76. The van der Waals surface area contributed by atoms with Crippen molar-refractivity contribution < 1.29 is 4.79 Å². The van der Waals surface area contributed by atoms with Gasteiger partial charge in [0.1, 0.15) is 0 Å². The fourth-order valence-corrected chi connectivity index (χ4v) is 6.63. The lowest BCUT2D eigenvalue weighted by molar-refractivity contribution is -0.121. The Morgan fingerprint density at radius 1 is 1.05 bits per heavy atom. The monoisotopic (exact) mass is 272 g/mol. The van der Waals surface area contributed by atoms with Crippen LogP contribution in [-0.2, 0) is 4.79 Å². The predicted molar refractivity (Wildman–Crippen MR) is 81.3 cm³/mol. The minimum absolute atomic E-state index is 0.320. The third-order valence-corrected chi connectivity index (χ3v) is 7.82. The number of ketones is 1. The Morgan fingerprint density at radius 3 is 2.75 bits per heavy atom. The molecule has 0 aromatic rings. The highest BCUT2D eigenvalue weighted by molar-refractivity contribution is 5.91. The summed E-state index contributed by atoms with van der Waals surface area (Å²) in [4.78, 5) is 11.8. The molecule has 4 aliphatic carbocycles. The van der Waals surface area contributed by atoms with Crippen molar-refractivity contribution in [2.75, 3.05) is 0 Å². The largest absolute Gasteiger partial charge is 0.295 e. The summed E-state index contributed by atoms with van der Waals surface area (Å²) in [7, 11) is 0. The molecule has 1 heteroatoms. The van der Waals surface area contributed by atoms with E-state index in [1.165, 1.54) is 44.9 Å². The van der Waals surface area contributed by atoms with Crippen LogP contribution in [0.4, 0.5) is 0 Å². The van der Waals surface area contributed by atoms with E-state index in [0.29, 0.717) is 22.5 Å². The van der Waals surface area contributed by atoms with Crippen molar-refractivity contribution in [1.82, 2.24) is 0 Å². The van der Waals surface area contributed by atoms with Gasteiger partial charge in [0, 0.05) is 6.42 Å². The van der Waals surface area contributed by atoms with Crippen LogP contribution in [-0.4, -0.2) is 5.78 Å². The molecule has 4 aliphatic rings. The van der Waals surface area contributed by atoms with E-state index in [9.17, 15) is 4.79 Å². The second-order valence-electron chi connectivity index (χ2n) is 8.61. The Balaban J connectivity index is 1.68. The minimum Gasteiger partial charge on any atom is -0.295 e. The van der Waals surface area contributed by atoms with E-state index in [4.69, 9.17) is 0 Å². The molecule has 110 valence electrons. The van der Waals surface area contributed by atoms with Crippen molar-refractivity contribution in [3.63, 3.8) is 0 Å². The number of fused-ring (bicyclic) bond motifs is 5. The number of carbonyl (C=O) groups excluding carboxylic acids is 1. The first kappa shape index (κ1) is 13.1. The van der Waals surface area contributed by atoms with Gasteiger partial charge in [-0.25, -0.2) is 0 Å². The topological polar surface area (TPSA) is 17.1 Å². The highest BCUT2D eigenvalue weighted by Gasteiger charge is 2.56. The zero-order valence-corrected chi connectivity index (χ0v) is 13.0. The third-order valence-electron chi connectivity index (χ3n) is 7.82. The van der Waals surface area contributed by atoms with Gasteiger partial charge in [-0.1, -0.05) is 26.3 Å². The van der Waals surface area contributed by atoms with E-state index >= 15 is 0 Å². The molecule has 0 heterocycles. The molecule has 0 radical (unpaired) electrons. The van der Waals surface area contributed by atoms with Crippen LogP contribution in [0.2, 0.25) is 0 Å². The molecule has 0 aliphatic heterocycles. The lowest BCUT2D eigenvalue weighted by Gasteiger charge is -2.58. The molecule has 20 heavy (non-hydrogen) atoms. The van der Waals surface area contributed by atoms with E-state index in [-0.39, 0.29) is 0 Å². The van der Waals surface area contributed by atoms with Crippen LogP contribution in [0.15, 0.2) is 12.2 Å². The van der Waals surface area contributed by atoms with Crippen molar-refractivity contribution >= 4 is 5.78 Å². The Morgan fingerprint density at radius 2 is 1.90 bits per heavy atom. The molecule has 0 spiro atoms. The molecule has 1 unspecified atom stereocenters. The molecule has 0 aromatic heterocycles. The predicted octanol–water partition coefficient (Wildman–Crippen LogP) is 4.76. The van der Waals surface area contributed by atoms with Crippen molar-refractivity contribution in [1.29, 1.82) is 0 Å². The SMILES string of the molecule is C[C@@]12CCC[C@H]1[C@@H]1CCC3CC(=O)C=C[C@]3(C)[C@@H]1CC2. The van der Waals surface area contributed by atoms with Crippen LogP contribution < -0.4 is 0 Å². The average Bonchev–Trinajstić information content (AvgIpc) is 2.81. The molecule has 6 atom stereocenters. The first-order valence-electron chi connectivity index (χ1n) is 8.75. The maximum atomic E-state index is 11.8. The van der Waals surface area contributed by atoms with Gasteiger partial charge in [0.15, 0.2) is 5.78 Å². The highest BCUT2D eigenvalue weighted by Crippen LogP contribution is 2.64. The maximum absolute atomic E-state index is 11.8. The summed E-state index contributed by atoms with van der Waals surface area (Å²) in [5.74, 6) is 3.77. The lowest BCUT2D eigenvalue weighted by atomic mass is 9.46. The highest BCUT2D eigenvalue weighted by atomic mass is 16.1. The van der Waals surface area contributed by atoms with Gasteiger partial charge in [0.2, 0.25) is 0 Å². The zero-order chi connectivity index (χ0) is 14.0. The first-order chi connectivity index (χ1) is 9.53. The quantitative estimate of drug-likeness (QED) is 0.621. The third kappa shape index (κ3) is 1.64. The van der Waals surface area contributed by atoms with E-state index in [2.05, 4.69) is 19.9 Å². The number of carbonyl (C=O) groups is 1. The normalized spacial score (nSPS) is 54.2. The lowest BCUT2D eigenvalue weighted by Crippen LogP contribution is -2.51. The molecule has 0 aromatic carbocycles. The van der Waals surface area contributed by atoms with Crippen LogP contribution >= 0.6 is 0 Å². The molecular weight excluding hydrogens is 244 g/mol. The summed E-state index contributed by atoms with van der Waals surface area (Å²) in [6.45, 7) is 5.03. The summed E-state index contributed by atoms with van der Waals surface area (Å²) in [6.07, 6.45) is 15.0. The van der Waals surface area contributed by atoms with E-state index in [0.717, 1.165) is 24.2 Å². The number of allylic oxidation sites excluding steroid dienone is 2. The Labute approximate surface area is 123 Å². The van der Waals surface area contributed by atoms with Crippen molar-refractivity contribution in [2.45, 2.75) is 65.2 Å². The summed E-state index contributed by atoms with van der Waals surface area (Å²) >= 11 is 0. The first-order valence-corrected chi connectivity index (χ1v) is 8.75. The molecule has 3 fully saturated rings. The van der Waals surface area contributed by atoms with Gasteiger partial charge in [-0.3, -0.25) is 4.79 Å². The smallest absolute Gasteiger partial charge is 0.155 e. The van der Waals surface area contributed by atoms with Gasteiger partial charge >= 0.3 is 0 Å². The fourth-order valence-electron chi connectivity index (χ4n) is 6.63. The van der Waals surface area contributed by atoms with Gasteiger partial charge in [-0.2, -0.15) is 0 Å². The van der Waals surface area contributed by atoms with Crippen LogP contribution in [0.5, 0.6) is 0 Å². The summed E-state index contributed by atoms with van der Waals surface area (Å²) in [5, 5.41) is 0. The second-order valence-corrected chi connectivity index (χ2v) is 8.61. The number of rotatable bonds is 0. The standard InChI is InChI=1S/C19H28O/c1-18-9-3-4-16(18)15-6-5-13-12-14(20)7-11-19(13,2)17(15)8-10-18/h7,11,13,15-17H,3-6,8-10,12H2,1-2H3/t13?,15-,16-,17+,18-,19-/m0/s1. The molecule has 0 amide bonds. The summed E-state index contributed by atoms with van der Waals surface area (Å²) in [6, 6.07) is 0. The Bertz CT molecular complexity index is 464. The van der Waals surface area contributed by atoms with Gasteiger partial charge < -0.3 is 0 Å². The molecule has 3 saturated carbocycles. The molecule has 0 N–H and O–H groups in total. The number of hydrogen-bond donors (Lipinski definition) is 0. The molecule has 1 nitrogen and oxygen atoms in total. The number of hydrogen-bond acceptors (Lipinski definition) is 1. The van der Waals surface area contributed by atoms with Crippen molar-refractivity contribution in [2.24, 2.45) is 34.5 Å². The van der Waals surface area contributed by atoms with Gasteiger partial charge in [0.25, 0.3) is 0 Å². The minimum atomic E-state index is 0.320. The fraction of sp³-hybridized carbons (Fsp3) is 0.842. The van der Waals surface area contributed by atoms with Crippen LogP contribution in [0.3, 0.4) is 0 Å². The van der Waals surface area contributed by atoms with Crippen LogP contribution in [0, 0.1) is 34.5 Å². The van der Waals surface area contributed by atoms with Crippen LogP contribution in [0.1, 0.15) is 65.2 Å². The van der Waals surface area contributed by atoms with E-state index < -0.39 is 0 Å². The van der Waals surface area contributed by atoms with Gasteiger partial charge in [-0.15, -0.1) is 0 Å². The van der Waals surface area contributed by atoms with E-state index in [1.807, 2.05) is 6.08 Å². The molecule has 0 saturated heterocycles. The van der Waals surface area contributed by atoms with Crippen LogP contribution in [0.25, 0.3) is 0 Å². The summed E-state index contributed by atoms with van der Waals surface area (Å²) < 4.78 is 0. The average molecular weight is 272 g/mol. The summed E-state index contributed by atoms with van der Waals surface area (Å²) in [5.41, 5.74) is 0.972. The molecule has 4 rings (SSSR count). The van der Waals surface area contributed by atoms with Gasteiger partial charge in [0.05, 0.1) is 0 Å². The molecular formula is C19H28O. The second kappa shape index (κ2) is 4.21. The Hall–Kier alpha value is -0.590. The van der Waals surface area contributed by atoms with Gasteiger partial charge in [-0.05, 0) is 79.1 Å². The van der Waals surface area contributed by atoms with Crippen molar-refractivity contribution in [3.8, 4) is 0 Å². The molecule has 0 bridgehead atoms.